The van der Waals surface area contributed by atoms with Crippen LogP contribution in [0.3, 0.4) is 0 Å². The fraction of sp³-hybridized carbons (Fsp3) is 0.273. The minimum Gasteiger partial charge on any atom is -0.325 e. The standard InChI is InChI=1S/C22H22Cl2N2O2/c1-4-13(2)26-11-10-16-17(22(26)28)6-5-7-20(16)25-21(27)14(3)15-8-9-18(23)19(24)12-15/h5-14H,4H2,1-3H3,(H,25,27)/t13-,14?/m0/s1. The second-order valence-electron chi connectivity index (χ2n) is 6.94. The number of amides is 1. The smallest absolute Gasteiger partial charge is 0.258 e. The quantitative estimate of drug-likeness (QED) is 0.552. The van der Waals surface area contributed by atoms with Crippen LogP contribution < -0.4 is 10.9 Å². The maximum atomic E-state index is 12.8. The number of benzene rings is 2. The molecule has 0 radical (unpaired) electrons. The predicted molar refractivity (Wildman–Crippen MR) is 117 cm³/mol. The molecule has 28 heavy (non-hydrogen) atoms. The zero-order chi connectivity index (χ0) is 20.4. The number of aromatic nitrogens is 1. The summed E-state index contributed by atoms with van der Waals surface area (Å²) in [5, 5.41) is 5.11. The Labute approximate surface area is 174 Å². The van der Waals surface area contributed by atoms with Crippen LogP contribution in [0.25, 0.3) is 10.8 Å². The zero-order valence-electron chi connectivity index (χ0n) is 16.0. The van der Waals surface area contributed by atoms with E-state index in [4.69, 9.17) is 23.2 Å². The number of carbonyl (C=O) groups is 1. The van der Waals surface area contributed by atoms with Gasteiger partial charge in [-0.3, -0.25) is 9.59 Å². The third kappa shape index (κ3) is 3.94. The molecule has 0 saturated carbocycles. The van der Waals surface area contributed by atoms with Crippen LogP contribution in [-0.2, 0) is 4.79 Å². The van der Waals surface area contributed by atoms with Gasteiger partial charge in [0, 0.05) is 28.7 Å². The Balaban J connectivity index is 1.93. The van der Waals surface area contributed by atoms with Crippen molar-refractivity contribution in [2.75, 3.05) is 5.32 Å². The second-order valence-corrected chi connectivity index (χ2v) is 7.75. The third-order valence-corrected chi connectivity index (χ3v) is 5.87. The van der Waals surface area contributed by atoms with Gasteiger partial charge >= 0.3 is 0 Å². The van der Waals surface area contributed by atoms with Crippen molar-refractivity contribution in [2.45, 2.75) is 39.2 Å². The van der Waals surface area contributed by atoms with E-state index in [9.17, 15) is 9.59 Å². The number of fused-ring (bicyclic) bond motifs is 1. The number of rotatable bonds is 5. The molecule has 3 rings (SSSR count). The summed E-state index contributed by atoms with van der Waals surface area (Å²) in [4.78, 5) is 25.6. The highest BCUT2D eigenvalue weighted by Crippen LogP contribution is 2.28. The van der Waals surface area contributed by atoms with Crippen LogP contribution in [0.5, 0.6) is 0 Å². The van der Waals surface area contributed by atoms with Gasteiger partial charge in [0.25, 0.3) is 5.56 Å². The summed E-state index contributed by atoms with van der Waals surface area (Å²) in [6.07, 6.45) is 2.65. The van der Waals surface area contributed by atoms with Gasteiger partial charge in [-0.05, 0) is 56.2 Å². The lowest BCUT2D eigenvalue weighted by atomic mass is 10.00. The van der Waals surface area contributed by atoms with Crippen molar-refractivity contribution in [1.29, 1.82) is 0 Å². The van der Waals surface area contributed by atoms with Gasteiger partial charge in [0.15, 0.2) is 0 Å². The molecule has 4 nitrogen and oxygen atoms in total. The Bertz CT molecular complexity index is 1090. The molecule has 2 atom stereocenters. The summed E-state index contributed by atoms with van der Waals surface area (Å²) < 4.78 is 1.73. The van der Waals surface area contributed by atoms with Crippen LogP contribution in [0.15, 0.2) is 53.5 Å². The first-order valence-electron chi connectivity index (χ1n) is 9.23. The maximum Gasteiger partial charge on any atom is 0.258 e. The molecule has 0 aliphatic carbocycles. The lowest BCUT2D eigenvalue weighted by molar-refractivity contribution is -0.117. The fourth-order valence-electron chi connectivity index (χ4n) is 3.12. The van der Waals surface area contributed by atoms with Gasteiger partial charge in [0.1, 0.15) is 0 Å². The van der Waals surface area contributed by atoms with Gasteiger partial charge in [0.05, 0.1) is 16.0 Å². The molecule has 0 aliphatic rings. The molecule has 2 aromatic carbocycles. The van der Waals surface area contributed by atoms with Crippen molar-refractivity contribution in [3.8, 4) is 0 Å². The average Bonchev–Trinajstić information content (AvgIpc) is 2.69. The Morgan fingerprint density at radius 2 is 1.82 bits per heavy atom. The van der Waals surface area contributed by atoms with E-state index in [1.165, 1.54) is 0 Å². The number of carbonyl (C=O) groups excluding carboxylic acids is 1. The van der Waals surface area contributed by atoms with E-state index < -0.39 is 5.92 Å². The summed E-state index contributed by atoms with van der Waals surface area (Å²) in [7, 11) is 0. The first kappa shape index (κ1) is 20.4. The normalized spacial score (nSPS) is 13.3. The first-order chi connectivity index (χ1) is 13.3. The van der Waals surface area contributed by atoms with E-state index >= 15 is 0 Å². The molecule has 0 fully saturated rings. The molecule has 3 aromatic rings. The zero-order valence-corrected chi connectivity index (χ0v) is 17.5. The first-order valence-corrected chi connectivity index (χ1v) is 9.98. The van der Waals surface area contributed by atoms with E-state index in [1.54, 1.807) is 54.1 Å². The Morgan fingerprint density at radius 3 is 2.50 bits per heavy atom. The predicted octanol–water partition coefficient (Wildman–Crippen LogP) is 6.02. The number of nitrogens with zero attached hydrogens (tertiary/aromatic N) is 1. The minimum atomic E-state index is -0.425. The molecular weight excluding hydrogens is 395 g/mol. The van der Waals surface area contributed by atoms with Crippen LogP contribution in [-0.4, -0.2) is 10.5 Å². The maximum absolute atomic E-state index is 12.8. The van der Waals surface area contributed by atoms with Gasteiger partial charge in [0.2, 0.25) is 5.91 Å². The van der Waals surface area contributed by atoms with Crippen molar-refractivity contribution in [3.63, 3.8) is 0 Å². The van der Waals surface area contributed by atoms with Crippen LogP contribution >= 0.6 is 23.2 Å². The Morgan fingerprint density at radius 1 is 1.07 bits per heavy atom. The van der Waals surface area contributed by atoms with Crippen molar-refractivity contribution in [2.24, 2.45) is 0 Å². The molecule has 0 spiro atoms. The average molecular weight is 417 g/mol. The minimum absolute atomic E-state index is 0.0551. The van der Waals surface area contributed by atoms with Crippen LogP contribution in [0, 0.1) is 0 Å². The summed E-state index contributed by atoms with van der Waals surface area (Å²) >= 11 is 12.0. The fourth-order valence-corrected chi connectivity index (χ4v) is 3.43. The largest absolute Gasteiger partial charge is 0.325 e. The molecule has 1 N–H and O–H groups in total. The highest BCUT2D eigenvalue weighted by atomic mass is 35.5. The van der Waals surface area contributed by atoms with Gasteiger partial charge < -0.3 is 9.88 Å². The lowest BCUT2D eigenvalue weighted by Gasteiger charge is -2.17. The van der Waals surface area contributed by atoms with E-state index in [0.717, 1.165) is 17.4 Å². The number of pyridine rings is 1. The lowest BCUT2D eigenvalue weighted by Crippen LogP contribution is -2.23. The summed E-state index contributed by atoms with van der Waals surface area (Å²) in [6.45, 7) is 5.86. The van der Waals surface area contributed by atoms with E-state index in [0.29, 0.717) is 21.1 Å². The SMILES string of the molecule is CC[C@H](C)n1ccc2c(NC(=O)C(C)c3ccc(Cl)c(Cl)c3)cccc2c1=O. The number of nitrogens with one attached hydrogen (secondary N) is 1. The molecule has 146 valence electrons. The number of anilines is 1. The van der Waals surface area contributed by atoms with Gasteiger partial charge in [-0.2, -0.15) is 0 Å². The molecule has 0 saturated heterocycles. The number of halogens is 2. The van der Waals surface area contributed by atoms with Crippen molar-refractivity contribution in [1.82, 2.24) is 4.57 Å². The van der Waals surface area contributed by atoms with Gasteiger partial charge in [-0.15, -0.1) is 0 Å². The Kier molecular flexibility index (Phi) is 6.11. The van der Waals surface area contributed by atoms with E-state index in [2.05, 4.69) is 5.32 Å². The van der Waals surface area contributed by atoms with Crippen molar-refractivity contribution < 1.29 is 4.79 Å². The third-order valence-electron chi connectivity index (χ3n) is 5.13. The molecule has 0 aliphatic heterocycles. The topological polar surface area (TPSA) is 51.1 Å². The van der Waals surface area contributed by atoms with Gasteiger partial charge in [-0.1, -0.05) is 42.3 Å². The summed E-state index contributed by atoms with van der Waals surface area (Å²) in [6, 6.07) is 12.5. The molecular formula is C22H22Cl2N2O2. The molecule has 6 heteroatoms. The monoisotopic (exact) mass is 416 g/mol. The van der Waals surface area contributed by atoms with E-state index in [1.807, 2.05) is 19.9 Å². The van der Waals surface area contributed by atoms with Crippen LogP contribution in [0.4, 0.5) is 5.69 Å². The molecule has 1 aromatic heterocycles. The van der Waals surface area contributed by atoms with Crippen molar-refractivity contribution in [3.05, 3.63) is 74.6 Å². The second kappa shape index (κ2) is 8.38. The number of hydrogen-bond donors (Lipinski definition) is 1. The van der Waals surface area contributed by atoms with Crippen LogP contribution in [0.2, 0.25) is 10.0 Å². The van der Waals surface area contributed by atoms with Gasteiger partial charge in [-0.25, -0.2) is 0 Å². The highest BCUT2D eigenvalue weighted by molar-refractivity contribution is 6.42. The highest BCUT2D eigenvalue weighted by Gasteiger charge is 2.18. The molecule has 1 heterocycles. The summed E-state index contributed by atoms with van der Waals surface area (Å²) in [5.41, 5.74) is 1.33. The Hall–Kier alpha value is -2.30. The summed E-state index contributed by atoms with van der Waals surface area (Å²) in [5.74, 6) is -0.609. The van der Waals surface area contributed by atoms with Crippen molar-refractivity contribution >= 4 is 45.6 Å². The molecule has 1 amide bonds. The number of hydrogen-bond acceptors (Lipinski definition) is 2. The molecule has 1 unspecified atom stereocenters. The van der Waals surface area contributed by atoms with Crippen LogP contribution in [0.1, 0.15) is 44.7 Å². The molecule has 0 bridgehead atoms. The van der Waals surface area contributed by atoms with E-state index in [-0.39, 0.29) is 17.5 Å².